The molecular formula is C20H20FN7O2. The van der Waals surface area contributed by atoms with E-state index in [1.165, 1.54) is 12.1 Å². The van der Waals surface area contributed by atoms with Crippen LogP contribution in [0.25, 0.3) is 22.1 Å². The van der Waals surface area contributed by atoms with Crippen LogP contribution in [0.4, 0.5) is 10.1 Å². The number of benzene rings is 2. The third-order valence-corrected chi connectivity index (χ3v) is 5.50. The summed E-state index contributed by atoms with van der Waals surface area (Å²) >= 11 is 0. The lowest BCUT2D eigenvalue weighted by Crippen LogP contribution is -2.39. The Morgan fingerprint density at radius 2 is 1.93 bits per heavy atom. The van der Waals surface area contributed by atoms with Gasteiger partial charge in [0.05, 0.1) is 29.1 Å². The number of aromatic amines is 2. The Balaban J connectivity index is 1.19. The number of amides is 1. The van der Waals surface area contributed by atoms with Gasteiger partial charge in [0.2, 0.25) is 5.91 Å². The quantitative estimate of drug-likeness (QED) is 0.477. The molecule has 10 heteroatoms. The molecule has 1 amide bonds. The lowest BCUT2D eigenvalue weighted by molar-refractivity contribution is -0.117. The van der Waals surface area contributed by atoms with E-state index in [2.05, 4.69) is 30.5 Å². The number of nitrogens with one attached hydrogen (secondary N) is 3. The first kappa shape index (κ1) is 18.5. The van der Waals surface area contributed by atoms with E-state index in [4.69, 9.17) is 0 Å². The number of hydrogen-bond donors (Lipinski definition) is 3. The Bertz CT molecular complexity index is 1280. The summed E-state index contributed by atoms with van der Waals surface area (Å²) in [4.78, 5) is 31.2. The molecule has 0 radical (unpaired) electrons. The van der Waals surface area contributed by atoms with Crippen LogP contribution in [0.5, 0.6) is 0 Å². The summed E-state index contributed by atoms with van der Waals surface area (Å²) in [6.45, 7) is 1.80. The number of hydrogen-bond acceptors (Lipinski definition) is 5. The molecule has 4 aromatic rings. The second-order valence-electron chi connectivity index (χ2n) is 7.56. The monoisotopic (exact) mass is 409 g/mol. The summed E-state index contributed by atoms with van der Waals surface area (Å²) in [5.41, 5.74) is 3.09. The van der Waals surface area contributed by atoms with E-state index < -0.39 is 0 Å². The number of carbonyl (C=O) groups excluding carboxylic acids is 1. The average molecular weight is 409 g/mol. The first-order chi connectivity index (χ1) is 14.5. The van der Waals surface area contributed by atoms with Crippen LogP contribution in [0.15, 0.2) is 41.2 Å². The van der Waals surface area contributed by atoms with Crippen LogP contribution >= 0.6 is 0 Å². The Kier molecular flexibility index (Phi) is 4.55. The maximum Gasteiger partial charge on any atom is 0.323 e. The fraction of sp³-hybridized carbons (Fsp3) is 0.300. The number of likely N-dealkylation sites (tertiary alicyclic amines) is 1. The molecule has 0 saturated carbocycles. The highest BCUT2D eigenvalue weighted by molar-refractivity contribution is 5.94. The number of halogens is 1. The Morgan fingerprint density at radius 1 is 1.13 bits per heavy atom. The lowest BCUT2D eigenvalue weighted by Gasteiger charge is -2.31. The van der Waals surface area contributed by atoms with Gasteiger partial charge in [0, 0.05) is 24.8 Å². The Labute approximate surface area is 169 Å². The van der Waals surface area contributed by atoms with Gasteiger partial charge in [-0.15, -0.1) is 5.10 Å². The Hall–Kier alpha value is -3.53. The van der Waals surface area contributed by atoms with Gasteiger partial charge in [0.25, 0.3) is 0 Å². The van der Waals surface area contributed by atoms with Crippen molar-refractivity contribution >= 4 is 33.7 Å². The molecule has 3 heterocycles. The van der Waals surface area contributed by atoms with Gasteiger partial charge in [-0.2, -0.15) is 0 Å². The molecule has 9 nitrogen and oxygen atoms in total. The van der Waals surface area contributed by atoms with Gasteiger partial charge in [-0.05, 0) is 43.2 Å². The number of rotatable bonds is 4. The number of fused-ring (bicyclic) bond motifs is 2. The molecule has 2 aromatic carbocycles. The van der Waals surface area contributed by atoms with Gasteiger partial charge >= 0.3 is 5.69 Å². The van der Waals surface area contributed by atoms with Gasteiger partial charge < -0.3 is 15.3 Å². The normalized spacial score (nSPS) is 15.8. The Morgan fingerprint density at radius 3 is 2.77 bits per heavy atom. The minimum atomic E-state index is -0.322. The van der Waals surface area contributed by atoms with E-state index in [0.717, 1.165) is 31.4 Å². The van der Waals surface area contributed by atoms with Crippen molar-refractivity contribution in [1.82, 2.24) is 29.9 Å². The smallest absolute Gasteiger partial charge is 0.323 e. The van der Waals surface area contributed by atoms with Gasteiger partial charge in [-0.3, -0.25) is 9.69 Å². The molecule has 30 heavy (non-hydrogen) atoms. The van der Waals surface area contributed by atoms with Crippen molar-refractivity contribution in [2.75, 3.05) is 25.0 Å². The first-order valence-electron chi connectivity index (χ1n) is 9.80. The van der Waals surface area contributed by atoms with Gasteiger partial charge in [0.1, 0.15) is 11.3 Å². The predicted molar refractivity (Wildman–Crippen MR) is 110 cm³/mol. The summed E-state index contributed by atoms with van der Waals surface area (Å²) in [5, 5.41) is 11.1. The van der Waals surface area contributed by atoms with Crippen molar-refractivity contribution in [3.05, 3.63) is 52.7 Å². The molecule has 154 valence electrons. The van der Waals surface area contributed by atoms with E-state index in [0.29, 0.717) is 22.2 Å². The van der Waals surface area contributed by atoms with Crippen LogP contribution < -0.4 is 11.0 Å². The number of nitrogens with zero attached hydrogens (tertiary/aromatic N) is 4. The molecular weight excluding hydrogens is 389 g/mol. The molecule has 1 aliphatic heterocycles. The number of aromatic nitrogens is 5. The summed E-state index contributed by atoms with van der Waals surface area (Å²) < 4.78 is 15.2. The van der Waals surface area contributed by atoms with Crippen LogP contribution in [-0.2, 0) is 4.79 Å². The number of H-pyrrole nitrogens is 2. The molecule has 0 atom stereocenters. The van der Waals surface area contributed by atoms with Crippen LogP contribution in [-0.4, -0.2) is 55.4 Å². The zero-order valence-corrected chi connectivity index (χ0v) is 16.1. The van der Waals surface area contributed by atoms with Crippen molar-refractivity contribution in [2.45, 2.75) is 18.9 Å². The fourth-order valence-corrected chi connectivity index (χ4v) is 4.02. The first-order valence-corrected chi connectivity index (χ1v) is 9.80. The molecule has 1 saturated heterocycles. The molecule has 1 aliphatic rings. The van der Waals surface area contributed by atoms with Gasteiger partial charge in [-0.1, -0.05) is 5.21 Å². The minimum Gasteiger partial charge on any atom is -0.325 e. The summed E-state index contributed by atoms with van der Waals surface area (Å²) in [6.07, 6.45) is 1.67. The minimum absolute atomic E-state index is 0.104. The van der Waals surface area contributed by atoms with Crippen LogP contribution in [0.1, 0.15) is 18.9 Å². The zero-order chi connectivity index (χ0) is 20.7. The van der Waals surface area contributed by atoms with Crippen molar-refractivity contribution in [2.24, 2.45) is 0 Å². The summed E-state index contributed by atoms with van der Waals surface area (Å²) in [7, 11) is 0. The van der Waals surface area contributed by atoms with Crippen molar-refractivity contribution in [3.63, 3.8) is 0 Å². The van der Waals surface area contributed by atoms with Gasteiger partial charge in [-0.25, -0.2) is 13.9 Å². The number of piperidine rings is 1. The third kappa shape index (κ3) is 3.57. The molecule has 5 rings (SSSR count). The molecule has 2 aromatic heterocycles. The molecule has 3 N–H and O–H groups in total. The summed E-state index contributed by atoms with van der Waals surface area (Å²) in [5.74, 6) is -0.426. The zero-order valence-electron chi connectivity index (χ0n) is 16.1. The molecule has 0 spiro atoms. The lowest BCUT2D eigenvalue weighted by atomic mass is 10.0. The van der Waals surface area contributed by atoms with Crippen molar-refractivity contribution in [1.29, 1.82) is 0 Å². The topological polar surface area (TPSA) is 112 Å². The highest BCUT2D eigenvalue weighted by atomic mass is 19.1. The maximum absolute atomic E-state index is 13.4. The molecule has 0 unspecified atom stereocenters. The standard InChI is InChI=1S/C20H20FN7O2/c21-12-1-4-18-17(9-12)25-26-28(18)14-5-7-27(8-6-14)11-19(29)22-13-2-3-15-16(10-13)24-20(30)23-15/h1-4,9-10,14H,5-8,11H2,(H,22,29)(H2,23,24,30). The summed E-state index contributed by atoms with van der Waals surface area (Å²) in [6, 6.07) is 9.93. The van der Waals surface area contributed by atoms with E-state index in [1.807, 2.05) is 4.68 Å². The van der Waals surface area contributed by atoms with E-state index in [-0.39, 0.29) is 30.0 Å². The second-order valence-corrected chi connectivity index (χ2v) is 7.56. The highest BCUT2D eigenvalue weighted by Gasteiger charge is 2.24. The molecule has 1 fully saturated rings. The maximum atomic E-state index is 13.4. The predicted octanol–water partition coefficient (Wildman–Crippen LogP) is 2.02. The van der Waals surface area contributed by atoms with E-state index in [9.17, 15) is 14.0 Å². The number of imidazole rings is 1. The van der Waals surface area contributed by atoms with Crippen LogP contribution in [0.3, 0.4) is 0 Å². The molecule has 0 bridgehead atoms. The van der Waals surface area contributed by atoms with Crippen LogP contribution in [0.2, 0.25) is 0 Å². The van der Waals surface area contributed by atoms with Crippen molar-refractivity contribution in [3.8, 4) is 0 Å². The third-order valence-electron chi connectivity index (χ3n) is 5.50. The average Bonchev–Trinajstić information content (AvgIpc) is 3.30. The van der Waals surface area contributed by atoms with E-state index in [1.54, 1.807) is 24.3 Å². The number of carbonyl (C=O) groups is 1. The highest BCUT2D eigenvalue weighted by Crippen LogP contribution is 2.25. The number of anilines is 1. The van der Waals surface area contributed by atoms with Gasteiger partial charge in [0.15, 0.2) is 0 Å². The van der Waals surface area contributed by atoms with Crippen LogP contribution in [0, 0.1) is 5.82 Å². The fourth-order valence-electron chi connectivity index (χ4n) is 4.02. The van der Waals surface area contributed by atoms with E-state index >= 15 is 0 Å². The second kappa shape index (κ2) is 7.38. The SMILES string of the molecule is O=C(CN1CCC(n2nnc3cc(F)ccc32)CC1)Nc1ccc2[nH]c(=O)[nH]c2c1. The van der Waals surface area contributed by atoms with Crippen molar-refractivity contribution < 1.29 is 9.18 Å². The largest absolute Gasteiger partial charge is 0.325 e. The molecule has 0 aliphatic carbocycles.